The molecule has 31 heavy (non-hydrogen) atoms. The molecule has 0 saturated carbocycles. The highest BCUT2D eigenvalue weighted by Gasteiger charge is 2.28. The van der Waals surface area contributed by atoms with Gasteiger partial charge in [-0.2, -0.15) is 4.31 Å². The van der Waals surface area contributed by atoms with Gasteiger partial charge in [-0.3, -0.25) is 4.79 Å². The van der Waals surface area contributed by atoms with Crippen molar-refractivity contribution in [3.8, 4) is 0 Å². The summed E-state index contributed by atoms with van der Waals surface area (Å²) in [5.74, 6) is -0.339. The van der Waals surface area contributed by atoms with Crippen LogP contribution in [0.2, 0.25) is 5.02 Å². The SMILES string of the molecule is Cc1[nH]c2ccc(CNC(=O)c3ccc(Cl)c(S(=O)(=O)N4CCCCC4)c3)cc2c1C. The van der Waals surface area contributed by atoms with E-state index < -0.39 is 10.0 Å². The molecule has 2 N–H and O–H groups in total. The number of nitrogens with one attached hydrogen (secondary N) is 2. The van der Waals surface area contributed by atoms with Crippen LogP contribution in [0, 0.1) is 13.8 Å². The first-order valence-electron chi connectivity index (χ1n) is 10.4. The number of fused-ring (bicyclic) bond motifs is 1. The summed E-state index contributed by atoms with van der Waals surface area (Å²) in [5, 5.41) is 4.14. The monoisotopic (exact) mass is 459 g/mol. The first-order chi connectivity index (χ1) is 14.8. The van der Waals surface area contributed by atoms with E-state index in [9.17, 15) is 13.2 Å². The van der Waals surface area contributed by atoms with Gasteiger partial charge < -0.3 is 10.3 Å². The molecule has 6 nitrogen and oxygen atoms in total. The van der Waals surface area contributed by atoms with Gasteiger partial charge in [-0.15, -0.1) is 0 Å². The second-order valence-corrected chi connectivity index (χ2v) is 10.4. The van der Waals surface area contributed by atoms with Crippen molar-refractivity contribution in [1.82, 2.24) is 14.6 Å². The Bertz CT molecular complexity index is 1240. The highest BCUT2D eigenvalue weighted by molar-refractivity contribution is 7.89. The number of aromatic nitrogens is 1. The zero-order valence-corrected chi connectivity index (χ0v) is 19.2. The van der Waals surface area contributed by atoms with Gasteiger partial charge in [0.2, 0.25) is 10.0 Å². The van der Waals surface area contributed by atoms with Crippen LogP contribution < -0.4 is 5.32 Å². The van der Waals surface area contributed by atoms with E-state index >= 15 is 0 Å². The van der Waals surface area contributed by atoms with Crippen molar-refractivity contribution in [1.29, 1.82) is 0 Å². The second kappa shape index (κ2) is 8.65. The summed E-state index contributed by atoms with van der Waals surface area (Å²) < 4.78 is 27.5. The van der Waals surface area contributed by atoms with Crippen LogP contribution in [-0.4, -0.2) is 36.7 Å². The van der Waals surface area contributed by atoms with Crippen molar-refractivity contribution in [3.05, 3.63) is 63.8 Å². The third-order valence-electron chi connectivity index (χ3n) is 5.95. The molecule has 0 spiro atoms. The molecule has 1 aliphatic heterocycles. The van der Waals surface area contributed by atoms with E-state index in [-0.39, 0.29) is 21.4 Å². The topological polar surface area (TPSA) is 82.3 Å². The highest BCUT2D eigenvalue weighted by atomic mass is 35.5. The van der Waals surface area contributed by atoms with Gasteiger partial charge in [0.15, 0.2) is 0 Å². The Hall–Kier alpha value is -2.35. The van der Waals surface area contributed by atoms with Crippen LogP contribution in [0.25, 0.3) is 10.9 Å². The molecule has 3 aromatic rings. The Morgan fingerprint density at radius 1 is 1.10 bits per heavy atom. The summed E-state index contributed by atoms with van der Waals surface area (Å²) in [7, 11) is -3.72. The van der Waals surface area contributed by atoms with Crippen LogP contribution in [0.1, 0.15) is 46.4 Å². The number of piperidine rings is 1. The van der Waals surface area contributed by atoms with Gasteiger partial charge >= 0.3 is 0 Å². The summed E-state index contributed by atoms with van der Waals surface area (Å²) in [6.45, 7) is 5.40. The van der Waals surface area contributed by atoms with E-state index in [2.05, 4.69) is 23.3 Å². The van der Waals surface area contributed by atoms with Crippen molar-refractivity contribution in [2.24, 2.45) is 0 Å². The number of rotatable bonds is 5. The molecular formula is C23H26ClN3O3S. The van der Waals surface area contributed by atoms with Gasteiger partial charge in [0.1, 0.15) is 4.90 Å². The van der Waals surface area contributed by atoms with E-state index in [1.54, 1.807) is 6.07 Å². The maximum Gasteiger partial charge on any atom is 0.251 e. The van der Waals surface area contributed by atoms with Crippen LogP contribution in [0.3, 0.4) is 0 Å². The van der Waals surface area contributed by atoms with Crippen LogP contribution >= 0.6 is 11.6 Å². The molecule has 4 rings (SSSR count). The lowest BCUT2D eigenvalue weighted by Gasteiger charge is -2.26. The van der Waals surface area contributed by atoms with Gasteiger partial charge in [-0.25, -0.2) is 8.42 Å². The van der Waals surface area contributed by atoms with Gasteiger partial charge in [-0.05, 0) is 68.1 Å². The summed E-state index contributed by atoms with van der Waals surface area (Å²) in [6.07, 6.45) is 2.69. The highest BCUT2D eigenvalue weighted by Crippen LogP contribution is 2.28. The molecule has 1 saturated heterocycles. The minimum absolute atomic E-state index is 0.0106. The van der Waals surface area contributed by atoms with Crippen LogP contribution in [-0.2, 0) is 16.6 Å². The number of amides is 1. The average Bonchev–Trinajstić information content (AvgIpc) is 3.06. The second-order valence-electron chi connectivity index (χ2n) is 8.05. The molecule has 164 valence electrons. The van der Waals surface area contributed by atoms with E-state index in [0.29, 0.717) is 19.6 Å². The molecule has 0 atom stereocenters. The molecule has 1 fully saturated rings. The average molecular weight is 460 g/mol. The van der Waals surface area contributed by atoms with E-state index in [0.717, 1.165) is 41.4 Å². The number of sulfonamides is 1. The fourth-order valence-corrected chi connectivity index (χ4v) is 6.01. The van der Waals surface area contributed by atoms with Crippen LogP contribution in [0.4, 0.5) is 0 Å². The Labute approximate surface area is 187 Å². The Kier molecular flexibility index (Phi) is 6.10. The third kappa shape index (κ3) is 4.35. The number of benzene rings is 2. The number of aryl methyl sites for hydroxylation is 2. The number of nitrogens with zero attached hydrogens (tertiary/aromatic N) is 1. The zero-order valence-electron chi connectivity index (χ0n) is 17.7. The van der Waals surface area contributed by atoms with Gasteiger partial charge in [0.05, 0.1) is 5.02 Å². The number of aromatic amines is 1. The van der Waals surface area contributed by atoms with E-state index in [1.807, 2.05) is 19.1 Å². The van der Waals surface area contributed by atoms with Crippen molar-refractivity contribution < 1.29 is 13.2 Å². The van der Waals surface area contributed by atoms with Crippen molar-refractivity contribution in [2.45, 2.75) is 44.6 Å². The van der Waals surface area contributed by atoms with Crippen LogP contribution in [0.15, 0.2) is 41.3 Å². The first-order valence-corrected chi connectivity index (χ1v) is 12.2. The van der Waals surface area contributed by atoms with E-state index in [4.69, 9.17) is 11.6 Å². The molecule has 0 unspecified atom stereocenters. The van der Waals surface area contributed by atoms with Gasteiger partial charge in [0, 0.05) is 41.8 Å². The predicted molar refractivity (Wildman–Crippen MR) is 123 cm³/mol. The smallest absolute Gasteiger partial charge is 0.251 e. The number of hydrogen-bond donors (Lipinski definition) is 2. The van der Waals surface area contributed by atoms with Crippen LogP contribution in [0.5, 0.6) is 0 Å². The summed E-state index contributed by atoms with van der Waals surface area (Å²) in [5.41, 5.74) is 4.62. The number of carbonyl (C=O) groups excluding carboxylic acids is 1. The fourth-order valence-electron chi connectivity index (χ4n) is 3.99. The summed E-state index contributed by atoms with van der Waals surface area (Å²) in [4.78, 5) is 16.1. The molecule has 0 aliphatic carbocycles. The van der Waals surface area contributed by atoms with Crippen molar-refractivity contribution in [2.75, 3.05) is 13.1 Å². The summed E-state index contributed by atoms with van der Waals surface area (Å²) >= 11 is 6.21. The van der Waals surface area contributed by atoms with E-state index in [1.165, 1.54) is 22.0 Å². The lowest BCUT2D eigenvalue weighted by molar-refractivity contribution is 0.0950. The first kappa shape index (κ1) is 21.9. The maximum atomic E-state index is 13.0. The number of carbonyl (C=O) groups is 1. The Morgan fingerprint density at radius 2 is 1.84 bits per heavy atom. The van der Waals surface area contributed by atoms with Crippen molar-refractivity contribution in [3.63, 3.8) is 0 Å². The number of halogens is 1. The minimum atomic E-state index is -3.72. The number of H-pyrrole nitrogens is 1. The molecule has 2 aromatic carbocycles. The molecule has 1 aliphatic rings. The lowest BCUT2D eigenvalue weighted by Crippen LogP contribution is -2.36. The lowest BCUT2D eigenvalue weighted by atomic mass is 10.1. The predicted octanol–water partition coefficient (Wildman–Crippen LogP) is 4.54. The van der Waals surface area contributed by atoms with Gasteiger partial charge in [0.25, 0.3) is 5.91 Å². The fraction of sp³-hybridized carbons (Fsp3) is 0.348. The molecule has 8 heteroatoms. The largest absolute Gasteiger partial charge is 0.358 e. The molecular weight excluding hydrogens is 434 g/mol. The molecule has 0 bridgehead atoms. The van der Waals surface area contributed by atoms with Crippen molar-refractivity contribution >= 4 is 38.4 Å². The third-order valence-corrected chi connectivity index (χ3v) is 8.33. The molecule has 1 aromatic heterocycles. The summed E-state index contributed by atoms with van der Waals surface area (Å²) in [6, 6.07) is 10.4. The molecule has 2 heterocycles. The maximum absolute atomic E-state index is 13.0. The zero-order chi connectivity index (χ0) is 22.2. The Balaban J connectivity index is 1.52. The molecule has 0 radical (unpaired) electrons. The normalized spacial score (nSPS) is 15.3. The minimum Gasteiger partial charge on any atom is -0.358 e. The Morgan fingerprint density at radius 3 is 2.58 bits per heavy atom. The quantitative estimate of drug-likeness (QED) is 0.587. The molecule has 1 amide bonds. The standard InChI is InChI=1S/C23H26ClN3O3S/c1-15-16(2)26-21-9-6-17(12-19(15)21)14-25-23(28)18-7-8-20(24)22(13-18)31(29,30)27-10-4-3-5-11-27/h6-9,12-13,26H,3-5,10-11,14H2,1-2H3,(H,25,28). The van der Waals surface area contributed by atoms with Gasteiger partial charge in [-0.1, -0.05) is 24.1 Å². The number of hydrogen-bond acceptors (Lipinski definition) is 3.